The molecule has 20 heavy (non-hydrogen) atoms. The molecule has 0 aliphatic heterocycles. The lowest BCUT2D eigenvalue weighted by Gasteiger charge is -2.11. The predicted octanol–water partition coefficient (Wildman–Crippen LogP) is 3.40. The van der Waals surface area contributed by atoms with E-state index in [4.69, 9.17) is 10.5 Å². The van der Waals surface area contributed by atoms with Crippen molar-refractivity contribution >= 4 is 27.6 Å². The maximum Gasteiger partial charge on any atom is 0.340 e. The monoisotopic (exact) mass is 335 g/mol. The van der Waals surface area contributed by atoms with E-state index in [9.17, 15) is 4.79 Å². The first-order valence-corrected chi connectivity index (χ1v) is 6.75. The third kappa shape index (κ3) is 3.30. The van der Waals surface area contributed by atoms with Gasteiger partial charge in [0.1, 0.15) is 12.4 Å². The summed E-state index contributed by atoms with van der Waals surface area (Å²) in [5.74, 6) is -0.0109. The van der Waals surface area contributed by atoms with Gasteiger partial charge in [-0.3, -0.25) is 0 Å². The van der Waals surface area contributed by atoms with Crippen molar-refractivity contribution in [2.24, 2.45) is 0 Å². The van der Waals surface area contributed by atoms with Crippen LogP contribution in [0.15, 0.2) is 46.9 Å². The summed E-state index contributed by atoms with van der Waals surface area (Å²) in [6.45, 7) is 0.369. The second-order valence-corrected chi connectivity index (χ2v) is 5.04. The highest BCUT2D eigenvalue weighted by atomic mass is 79.9. The zero-order chi connectivity index (χ0) is 14.5. The number of carbonyl (C=O) groups is 1. The van der Waals surface area contributed by atoms with Gasteiger partial charge in [-0.05, 0) is 29.8 Å². The van der Waals surface area contributed by atoms with Gasteiger partial charge >= 0.3 is 5.97 Å². The Bertz CT molecular complexity index is 628. The van der Waals surface area contributed by atoms with Gasteiger partial charge in [0, 0.05) is 4.47 Å². The van der Waals surface area contributed by atoms with Crippen molar-refractivity contribution in [3.63, 3.8) is 0 Å². The summed E-state index contributed by atoms with van der Waals surface area (Å²) in [7, 11) is 1.32. The standard InChI is InChI=1S/C15H14BrNO3/c1-19-15(18)12-6-3-7-13(14(12)17)20-9-10-4-2-5-11(16)8-10/h2-8H,9,17H2,1H3. The van der Waals surface area contributed by atoms with Gasteiger partial charge in [0.05, 0.1) is 18.4 Å². The Labute approximate surface area is 125 Å². The molecule has 2 N–H and O–H groups in total. The Morgan fingerprint density at radius 1 is 1.25 bits per heavy atom. The highest BCUT2D eigenvalue weighted by Crippen LogP contribution is 2.26. The van der Waals surface area contributed by atoms with Crippen molar-refractivity contribution in [2.75, 3.05) is 12.8 Å². The number of halogens is 1. The average molecular weight is 336 g/mol. The molecule has 0 spiro atoms. The number of anilines is 1. The molecule has 0 radical (unpaired) electrons. The van der Waals surface area contributed by atoms with Gasteiger partial charge in [-0.1, -0.05) is 34.1 Å². The summed E-state index contributed by atoms with van der Waals surface area (Å²) in [5.41, 5.74) is 7.51. The summed E-state index contributed by atoms with van der Waals surface area (Å²) < 4.78 is 11.3. The predicted molar refractivity (Wildman–Crippen MR) is 80.7 cm³/mol. The van der Waals surface area contributed by atoms with Crippen LogP contribution in [0.25, 0.3) is 0 Å². The molecule has 0 aliphatic carbocycles. The fourth-order valence-electron chi connectivity index (χ4n) is 1.75. The highest BCUT2D eigenvalue weighted by Gasteiger charge is 2.13. The number of para-hydroxylation sites is 1. The molecule has 0 saturated heterocycles. The third-order valence-corrected chi connectivity index (χ3v) is 3.25. The summed E-state index contributed by atoms with van der Waals surface area (Å²) in [4.78, 5) is 11.5. The largest absolute Gasteiger partial charge is 0.487 e. The molecule has 104 valence electrons. The van der Waals surface area contributed by atoms with Gasteiger partial charge in [0.25, 0.3) is 0 Å². The van der Waals surface area contributed by atoms with Crippen LogP contribution in [0.2, 0.25) is 0 Å². The number of rotatable bonds is 4. The van der Waals surface area contributed by atoms with E-state index in [-0.39, 0.29) is 5.69 Å². The molecule has 0 fully saturated rings. The van der Waals surface area contributed by atoms with Gasteiger partial charge in [-0.15, -0.1) is 0 Å². The van der Waals surface area contributed by atoms with E-state index >= 15 is 0 Å². The number of hydrogen-bond acceptors (Lipinski definition) is 4. The molecule has 0 atom stereocenters. The van der Waals surface area contributed by atoms with E-state index in [2.05, 4.69) is 20.7 Å². The Morgan fingerprint density at radius 3 is 2.70 bits per heavy atom. The molecule has 0 unspecified atom stereocenters. The van der Waals surface area contributed by atoms with Crippen molar-refractivity contribution in [1.82, 2.24) is 0 Å². The number of methoxy groups -OCH3 is 1. The van der Waals surface area contributed by atoms with Crippen LogP contribution in [0.4, 0.5) is 5.69 Å². The first-order valence-electron chi connectivity index (χ1n) is 5.96. The van der Waals surface area contributed by atoms with Gasteiger partial charge < -0.3 is 15.2 Å². The van der Waals surface area contributed by atoms with Gasteiger partial charge in [-0.25, -0.2) is 4.79 Å². The molecule has 2 aromatic rings. The van der Waals surface area contributed by atoms with Crippen molar-refractivity contribution in [2.45, 2.75) is 6.61 Å². The lowest BCUT2D eigenvalue weighted by molar-refractivity contribution is 0.0601. The fraction of sp³-hybridized carbons (Fsp3) is 0.133. The Kier molecular flexibility index (Phi) is 4.63. The normalized spacial score (nSPS) is 10.1. The molecule has 5 heteroatoms. The number of ether oxygens (including phenoxy) is 2. The van der Waals surface area contributed by atoms with Crippen molar-refractivity contribution < 1.29 is 14.3 Å². The van der Waals surface area contributed by atoms with Crippen LogP contribution in [0, 0.1) is 0 Å². The maximum absolute atomic E-state index is 11.5. The molecular formula is C15H14BrNO3. The smallest absolute Gasteiger partial charge is 0.340 e. The van der Waals surface area contributed by atoms with E-state index in [1.165, 1.54) is 7.11 Å². The molecule has 0 heterocycles. The fourth-order valence-corrected chi connectivity index (χ4v) is 2.19. The SMILES string of the molecule is COC(=O)c1cccc(OCc2cccc(Br)c2)c1N. The van der Waals surface area contributed by atoms with Crippen LogP contribution >= 0.6 is 15.9 Å². The van der Waals surface area contributed by atoms with Crippen molar-refractivity contribution in [1.29, 1.82) is 0 Å². The lowest BCUT2D eigenvalue weighted by Crippen LogP contribution is -2.07. The zero-order valence-electron chi connectivity index (χ0n) is 10.9. The molecule has 0 saturated carbocycles. The number of benzene rings is 2. The van der Waals surface area contributed by atoms with Crippen LogP contribution in [0.1, 0.15) is 15.9 Å². The number of hydrogen-bond donors (Lipinski definition) is 1. The highest BCUT2D eigenvalue weighted by molar-refractivity contribution is 9.10. The third-order valence-electron chi connectivity index (χ3n) is 2.75. The Morgan fingerprint density at radius 2 is 2.00 bits per heavy atom. The minimum absolute atomic E-state index is 0.286. The molecule has 2 rings (SSSR count). The molecule has 0 aromatic heterocycles. The van der Waals surface area contributed by atoms with Crippen LogP contribution in [0.3, 0.4) is 0 Å². The van der Waals surface area contributed by atoms with E-state index in [1.54, 1.807) is 18.2 Å². The number of nitrogen functional groups attached to an aromatic ring is 1. The lowest BCUT2D eigenvalue weighted by atomic mass is 10.1. The van der Waals surface area contributed by atoms with Crippen molar-refractivity contribution in [3.05, 3.63) is 58.1 Å². The number of nitrogens with two attached hydrogens (primary N) is 1. The minimum Gasteiger partial charge on any atom is -0.487 e. The molecule has 0 bridgehead atoms. The van der Waals surface area contributed by atoms with Gasteiger partial charge in [0.2, 0.25) is 0 Å². The maximum atomic E-state index is 11.5. The van der Waals surface area contributed by atoms with Crippen LogP contribution < -0.4 is 10.5 Å². The molecule has 2 aromatic carbocycles. The topological polar surface area (TPSA) is 61.5 Å². The van der Waals surface area contributed by atoms with Crippen LogP contribution in [-0.4, -0.2) is 13.1 Å². The molecule has 4 nitrogen and oxygen atoms in total. The molecular weight excluding hydrogens is 322 g/mol. The first-order chi connectivity index (χ1) is 9.61. The van der Waals surface area contributed by atoms with Crippen LogP contribution in [0.5, 0.6) is 5.75 Å². The second-order valence-electron chi connectivity index (χ2n) is 4.13. The van der Waals surface area contributed by atoms with E-state index in [0.29, 0.717) is 17.9 Å². The summed E-state index contributed by atoms with van der Waals surface area (Å²) in [6.07, 6.45) is 0. The quantitative estimate of drug-likeness (QED) is 0.687. The van der Waals surface area contributed by atoms with Gasteiger partial charge in [-0.2, -0.15) is 0 Å². The summed E-state index contributed by atoms with van der Waals surface area (Å²) in [6, 6.07) is 12.8. The number of esters is 1. The molecule has 0 amide bonds. The average Bonchev–Trinajstić information content (AvgIpc) is 2.45. The summed E-state index contributed by atoms with van der Waals surface area (Å²) in [5, 5.41) is 0. The van der Waals surface area contributed by atoms with E-state index in [0.717, 1.165) is 10.0 Å². The molecule has 0 aliphatic rings. The Balaban J connectivity index is 2.16. The second kappa shape index (κ2) is 6.43. The zero-order valence-corrected chi connectivity index (χ0v) is 12.5. The first kappa shape index (κ1) is 14.4. The van der Waals surface area contributed by atoms with E-state index in [1.807, 2.05) is 24.3 Å². The Hall–Kier alpha value is -2.01. The van der Waals surface area contributed by atoms with E-state index < -0.39 is 5.97 Å². The number of carbonyl (C=O) groups excluding carboxylic acids is 1. The minimum atomic E-state index is -0.476. The summed E-state index contributed by atoms with van der Waals surface area (Å²) >= 11 is 3.40. The van der Waals surface area contributed by atoms with Crippen molar-refractivity contribution in [3.8, 4) is 5.75 Å². The van der Waals surface area contributed by atoms with Crippen LogP contribution in [-0.2, 0) is 11.3 Å². The van der Waals surface area contributed by atoms with Gasteiger partial charge in [0.15, 0.2) is 0 Å².